The Morgan fingerprint density at radius 3 is 2.11 bits per heavy atom. The van der Waals surface area contributed by atoms with Crippen molar-refractivity contribution in [2.75, 3.05) is 17.2 Å². The lowest BCUT2D eigenvalue weighted by molar-refractivity contribution is -0.122. The molecule has 148 valence electrons. The van der Waals surface area contributed by atoms with Crippen molar-refractivity contribution >= 4 is 23.2 Å². The van der Waals surface area contributed by atoms with Crippen molar-refractivity contribution in [3.8, 4) is 5.75 Å². The Kier molecular flexibility index (Phi) is 6.34. The highest BCUT2D eigenvalue weighted by Crippen LogP contribution is 2.41. The van der Waals surface area contributed by atoms with Crippen molar-refractivity contribution in [2.24, 2.45) is 11.8 Å². The van der Waals surface area contributed by atoms with Gasteiger partial charge in [0.25, 0.3) is 0 Å². The smallest absolute Gasteiger partial charge is 0.228 e. The first kappa shape index (κ1) is 19.9. The summed E-state index contributed by atoms with van der Waals surface area (Å²) in [5.41, 5.74) is 3.80. The molecule has 1 saturated carbocycles. The number of para-hydroxylation sites is 3. The van der Waals surface area contributed by atoms with E-state index in [1.165, 1.54) is 0 Å². The monoisotopic (exact) mass is 380 g/mol. The van der Waals surface area contributed by atoms with Crippen LogP contribution in [-0.4, -0.2) is 18.4 Å². The summed E-state index contributed by atoms with van der Waals surface area (Å²) in [5.74, 6) is -0.146. The van der Waals surface area contributed by atoms with Gasteiger partial charge >= 0.3 is 0 Å². The van der Waals surface area contributed by atoms with E-state index >= 15 is 0 Å². The van der Waals surface area contributed by atoms with Gasteiger partial charge in [0.1, 0.15) is 5.75 Å². The molecule has 0 heterocycles. The SMILES string of the molecule is CCOc1ccccc1NC(=O)C1CC1C(=O)Nc1c(CC)cccc1CC. The lowest BCUT2D eigenvalue weighted by Crippen LogP contribution is -2.21. The average Bonchev–Trinajstić information content (AvgIpc) is 3.51. The van der Waals surface area contributed by atoms with Gasteiger partial charge in [-0.25, -0.2) is 0 Å². The number of ether oxygens (including phenoxy) is 1. The minimum Gasteiger partial charge on any atom is -0.492 e. The summed E-state index contributed by atoms with van der Waals surface area (Å²) in [4.78, 5) is 25.3. The number of aryl methyl sites for hydroxylation is 2. The molecular formula is C23H28N2O3. The first-order chi connectivity index (χ1) is 13.6. The summed E-state index contributed by atoms with van der Waals surface area (Å²) in [5, 5.41) is 5.99. The Bertz CT molecular complexity index is 840. The van der Waals surface area contributed by atoms with Gasteiger partial charge in [0.2, 0.25) is 11.8 Å². The minimum absolute atomic E-state index is 0.0751. The maximum atomic E-state index is 12.7. The van der Waals surface area contributed by atoms with E-state index in [9.17, 15) is 9.59 Å². The molecule has 0 bridgehead atoms. The molecule has 2 atom stereocenters. The molecule has 1 aliphatic rings. The number of rotatable bonds is 8. The first-order valence-corrected chi connectivity index (χ1v) is 10.0. The summed E-state index contributed by atoms with van der Waals surface area (Å²) >= 11 is 0. The molecule has 5 heteroatoms. The quantitative estimate of drug-likeness (QED) is 0.712. The summed E-state index contributed by atoms with van der Waals surface area (Å²) in [6.45, 7) is 6.58. The highest BCUT2D eigenvalue weighted by molar-refractivity contribution is 6.04. The van der Waals surface area contributed by atoms with Crippen LogP contribution in [0.3, 0.4) is 0 Å². The minimum atomic E-state index is -0.298. The predicted molar refractivity (Wildman–Crippen MR) is 112 cm³/mol. The molecule has 3 rings (SSSR count). The van der Waals surface area contributed by atoms with Crippen LogP contribution in [0.5, 0.6) is 5.75 Å². The number of benzene rings is 2. The third kappa shape index (κ3) is 4.35. The molecule has 2 N–H and O–H groups in total. The normalized spacial score (nSPS) is 17.7. The Morgan fingerprint density at radius 2 is 1.50 bits per heavy atom. The van der Waals surface area contributed by atoms with E-state index in [1.54, 1.807) is 0 Å². The van der Waals surface area contributed by atoms with Gasteiger partial charge in [-0.15, -0.1) is 0 Å². The molecule has 2 aromatic rings. The molecule has 5 nitrogen and oxygen atoms in total. The van der Waals surface area contributed by atoms with Crippen LogP contribution < -0.4 is 15.4 Å². The fourth-order valence-corrected chi connectivity index (χ4v) is 3.47. The van der Waals surface area contributed by atoms with Crippen molar-refractivity contribution in [3.63, 3.8) is 0 Å². The average molecular weight is 380 g/mol. The van der Waals surface area contributed by atoms with Gasteiger partial charge in [0.15, 0.2) is 0 Å². The molecule has 0 spiro atoms. The number of amides is 2. The Labute approximate surface area is 166 Å². The molecule has 0 saturated heterocycles. The molecule has 1 aliphatic carbocycles. The van der Waals surface area contributed by atoms with Gasteiger partial charge in [-0.05, 0) is 49.4 Å². The third-order valence-corrected chi connectivity index (χ3v) is 5.16. The lowest BCUT2D eigenvalue weighted by Gasteiger charge is -2.14. The second-order valence-corrected chi connectivity index (χ2v) is 7.01. The van der Waals surface area contributed by atoms with Crippen LogP contribution >= 0.6 is 0 Å². The molecule has 2 unspecified atom stereocenters. The van der Waals surface area contributed by atoms with E-state index < -0.39 is 0 Å². The maximum Gasteiger partial charge on any atom is 0.228 e. The van der Waals surface area contributed by atoms with Crippen molar-refractivity contribution in [2.45, 2.75) is 40.0 Å². The number of hydrogen-bond donors (Lipinski definition) is 2. The standard InChI is InChI=1S/C23H28N2O3/c1-4-15-10-9-11-16(5-2)21(15)25-23(27)18-14-17(18)22(26)24-19-12-7-8-13-20(19)28-6-3/h7-13,17-18H,4-6,14H2,1-3H3,(H,24,26)(H,25,27). The van der Waals surface area contributed by atoms with Crippen LogP contribution in [0.4, 0.5) is 11.4 Å². The highest BCUT2D eigenvalue weighted by Gasteiger charge is 2.48. The van der Waals surface area contributed by atoms with E-state index in [4.69, 9.17) is 4.74 Å². The molecule has 0 radical (unpaired) electrons. The number of carbonyl (C=O) groups is 2. The van der Waals surface area contributed by atoms with Gasteiger partial charge in [-0.2, -0.15) is 0 Å². The van der Waals surface area contributed by atoms with Crippen LogP contribution in [0.1, 0.15) is 38.3 Å². The zero-order chi connectivity index (χ0) is 20.1. The number of nitrogens with one attached hydrogen (secondary N) is 2. The fraction of sp³-hybridized carbons (Fsp3) is 0.391. The molecular weight excluding hydrogens is 352 g/mol. The topological polar surface area (TPSA) is 67.4 Å². The van der Waals surface area contributed by atoms with E-state index in [-0.39, 0.29) is 23.7 Å². The van der Waals surface area contributed by atoms with Gasteiger partial charge in [0.05, 0.1) is 24.1 Å². The third-order valence-electron chi connectivity index (χ3n) is 5.16. The zero-order valence-corrected chi connectivity index (χ0v) is 16.7. The largest absolute Gasteiger partial charge is 0.492 e. The van der Waals surface area contributed by atoms with Crippen LogP contribution in [0.2, 0.25) is 0 Å². The summed E-state index contributed by atoms with van der Waals surface area (Å²) in [7, 11) is 0. The summed E-state index contributed by atoms with van der Waals surface area (Å²) in [6, 6.07) is 13.5. The van der Waals surface area contributed by atoms with Crippen LogP contribution in [-0.2, 0) is 22.4 Å². The Balaban J connectivity index is 1.64. The van der Waals surface area contributed by atoms with Crippen LogP contribution in [0, 0.1) is 11.8 Å². The van der Waals surface area contributed by atoms with Crippen LogP contribution in [0.15, 0.2) is 42.5 Å². The van der Waals surface area contributed by atoms with E-state index in [2.05, 4.69) is 24.5 Å². The maximum absolute atomic E-state index is 12.7. The molecule has 2 aromatic carbocycles. The molecule has 1 fully saturated rings. The first-order valence-electron chi connectivity index (χ1n) is 10.0. The van der Waals surface area contributed by atoms with Crippen molar-refractivity contribution in [1.82, 2.24) is 0 Å². The molecule has 2 amide bonds. The molecule has 28 heavy (non-hydrogen) atoms. The summed E-state index contributed by atoms with van der Waals surface area (Å²) < 4.78 is 5.55. The highest BCUT2D eigenvalue weighted by atomic mass is 16.5. The lowest BCUT2D eigenvalue weighted by atomic mass is 10.0. The number of anilines is 2. The second-order valence-electron chi connectivity index (χ2n) is 7.01. The Hall–Kier alpha value is -2.82. The van der Waals surface area contributed by atoms with E-state index in [1.807, 2.05) is 49.4 Å². The van der Waals surface area contributed by atoms with Gasteiger partial charge in [0, 0.05) is 5.69 Å². The van der Waals surface area contributed by atoms with Crippen molar-refractivity contribution in [1.29, 1.82) is 0 Å². The predicted octanol–water partition coefficient (Wildman–Crippen LogP) is 4.42. The molecule has 0 aromatic heterocycles. The van der Waals surface area contributed by atoms with Crippen molar-refractivity contribution < 1.29 is 14.3 Å². The summed E-state index contributed by atoms with van der Waals surface area (Å²) in [6.07, 6.45) is 2.28. The van der Waals surface area contributed by atoms with Gasteiger partial charge < -0.3 is 15.4 Å². The van der Waals surface area contributed by atoms with Gasteiger partial charge in [-0.3, -0.25) is 9.59 Å². The van der Waals surface area contributed by atoms with E-state index in [0.29, 0.717) is 24.5 Å². The number of carbonyl (C=O) groups excluding carboxylic acids is 2. The zero-order valence-electron chi connectivity index (χ0n) is 16.7. The van der Waals surface area contributed by atoms with Crippen molar-refractivity contribution in [3.05, 3.63) is 53.6 Å². The fourth-order valence-electron chi connectivity index (χ4n) is 3.47. The molecule has 0 aliphatic heterocycles. The second kappa shape index (κ2) is 8.91. The van der Waals surface area contributed by atoms with E-state index in [0.717, 1.165) is 29.7 Å². The Morgan fingerprint density at radius 1 is 0.893 bits per heavy atom. The van der Waals surface area contributed by atoms with Gasteiger partial charge in [-0.1, -0.05) is 44.2 Å². The van der Waals surface area contributed by atoms with Crippen LogP contribution in [0.25, 0.3) is 0 Å². The number of hydrogen-bond acceptors (Lipinski definition) is 3.